The van der Waals surface area contributed by atoms with Gasteiger partial charge in [0.05, 0.1) is 6.04 Å². The van der Waals surface area contributed by atoms with Gasteiger partial charge < -0.3 is 10.5 Å². The van der Waals surface area contributed by atoms with E-state index in [1.54, 1.807) is 36.4 Å². The number of amides is 2. The second kappa shape index (κ2) is 8.31. The number of nitrogens with two attached hydrogens (primary N) is 1. The lowest BCUT2D eigenvalue weighted by atomic mass is 10.1. The SMILES string of the molecule is N[C@@H](Cc1ccc(Cl)cc1)C(=O)[N]C(=O)OCc1ccccc1. The fraction of sp³-hybridized carbons (Fsp3) is 0.176. The predicted octanol–water partition coefficient (Wildman–Crippen LogP) is 2.68. The summed E-state index contributed by atoms with van der Waals surface area (Å²) in [5, 5.41) is 3.95. The molecule has 23 heavy (non-hydrogen) atoms. The standard InChI is InChI=1S/C17H16ClN2O3/c18-14-8-6-12(7-9-14)10-15(19)16(21)20-17(22)23-11-13-4-2-1-3-5-13/h1-9,15H,10-11,19H2/t15-/m0/s1. The summed E-state index contributed by atoms with van der Waals surface area (Å²) in [6.45, 7) is 0.0584. The number of benzene rings is 2. The van der Waals surface area contributed by atoms with Gasteiger partial charge >= 0.3 is 6.09 Å². The summed E-state index contributed by atoms with van der Waals surface area (Å²) in [4.78, 5) is 23.4. The van der Waals surface area contributed by atoms with Gasteiger partial charge in [0, 0.05) is 5.02 Å². The number of carbonyl (C=O) groups is 2. The van der Waals surface area contributed by atoms with E-state index in [4.69, 9.17) is 22.1 Å². The fourth-order valence-corrected chi connectivity index (χ4v) is 2.01. The number of imide groups is 1. The molecule has 1 radical (unpaired) electrons. The summed E-state index contributed by atoms with van der Waals surface area (Å²) in [5.41, 5.74) is 7.41. The molecule has 0 aliphatic heterocycles. The van der Waals surface area contributed by atoms with Crippen molar-refractivity contribution >= 4 is 23.6 Å². The second-order valence-electron chi connectivity index (χ2n) is 4.93. The molecular weight excluding hydrogens is 316 g/mol. The third-order valence-electron chi connectivity index (χ3n) is 3.09. The molecule has 2 rings (SSSR count). The molecular formula is C17H16ClN2O3. The molecule has 5 nitrogen and oxygen atoms in total. The van der Waals surface area contributed by atoms with Crippen LogP contribution in [0.25, 0.3) is 0 Å². The Morgan fingerprint density at radius 2 is 1.70 bits per heavy atom. The largest absolute Gasteiger partial charge is 0.443 e. The van der Waals surface area contributed by atoms with Crippen LogP contribution in [0.2, 0.25) is 5.02 Å². The minimum absolute atomic E-state index is 0.0584. The molecule has 0 aromatic heterocycles. The van der Waals surface area contributed by atoms with E-state index in [0.717, 1.165) is 11.1 Å². The van der Waals surface area contributed by atoms with E-state index in [9.17, 15) is 9.59 Å². The van der Waals surface area contributed by atoms with Crippen molar-refractivity contribution in [3.63, 3.8) is 0 Å². The topological polar surface area (TPSA) is 83.5 Å². The molecule has 0 saturated heterocycles. The molecule has 2 amide bonds. The molecule has 0 saturated carbocycles. The highest BCUT2D eigenvalue weighted by atomic mass is 35.5. The van der Waals surface area contributed by atoms with Gasteiger partial charge in [-0.15, -0.1) is 5.32 Å². The van der Waals surface area contributed by atoms with Crippen molar-refractivity contribution in [3.8, 4) is 0 Å². The zero-order valence-corrected chi connectivity index (χ0v) is 13.1. The average Bonchev–Trinajstić information content (AvgIpc) is 2.56. The maximum absolute atomic E-state index is 11.8. The van der Waals surface area contributed by atoms with Gasteiger partial charge in [0.25, 0.3) is 5.91 Å². The molecule has 2 aromatic rings. The number of rotatable bonds is 5. The van der Waals surface area contributed by atoms with Crippen LogP contribution in [-0.4, -0.2) is 18.0 Å². The molecule has 0 fully saturated rings. The third-order valence-corrected chi connectivity index (χ3v) is 3.34. The van der Waals surface area contributed by atoms with Crippen LogP contribution in [0, 0.1) is 0 Å². The predicted molar refractivity (Wildman–Crippen MR) is 86.9 cm³/mol. The van der Waals surface area contributed by atoms with Crippen LogP contribution in [0.3, 0.4) is 0 Å². The summed E-state index contributed by atoms with van der Waals surface area (Å²) >= 11 is 5.79. The van der Waals surface area contributed by atoms with E-state index >= 15 is 0 Å². The van der Waals surface area contributed by atoms with Gasteiger partial charge in [-0.25, -0.2) is 4.79 Å². The summed E-state index contributed by atoms with van der Waals surface area (Å²) in [5.74, 6) is -0.710. The first-order valence-electron chi connectivity index (χ1n) is 7.01. The van der Waals surface area contributed by atoms with E-state index in [-0.39, 0.29) is 13.0 Å². The van der Waals surface area contributed by atoms with Crippen molar-refractivity contribution in [2.45, 2.75) is 19.1 Å². The lowest BCUT2D eigenvalue weighted by Gasteiger charge is -2.10. The third kappa shape index (κ3) is 5.73. The summed E-state index contributed by atoms with van der Waals surface area (Å²) in [7, 11) is 0. The fourth-order valence-electron chi connectivity index (χ4n) is 1.89. The van der Waals surface area contributed by atoms with Crippen LogP contribution in [0.4, 0.5) is 4.79 Å². The van der Waals surface area contributed by atoms with Gasteiger partial charge in [-0.3, -0.25) is 4.79 Å². The van der Waals surface area contributed by atoms with Gasteiger partial charge in [-0.2, -0.15) is 0 Å². The highest BCUT2D eigenvalue weighted by Crippen LogP contribution is 2.11. The Hall–Kier alpha value is -2.37. The molecule has 119 valence electrons. The zero-order chi connectivity index (χ0) is 16.7. The first kappa shape index (κ1) is 17.0. The van der Waals surface area contributed by atoms with E-state index in [2.05, 4.69) is 5.32 Å². The molecule has 2 aromatic carbocycles. The maximum Gasteiger partial charge on any atom is 0.437 e. The summed E-state index contributed by atoms with van der Waals surface area (Å²) in [6.07, 6.45) is -0.670. The van der Waals surface area contributed by atoms with E-state index in [0.29, 0.717) is 5.02 Å². The van der Waals surface area contributed by atoms with Gasteiger partial charge in [0.15, 0.2) is 0 Å². The quantitative estimate of drug-likeness (QED) is 0.913. The molecule has 6 heteroatoms. The van der Waals surface area contributed by atoms with Crippen molar-refractivity contribution < 1.29 is 14.3 Å². The molecule has 0 bridgehead atoms. The lowest BCUT2D eigenvalue weighted by molar-refractivity contribution is -0.122. The van der Waals surface area contributed by atoms with Crippen LogP contribution >= 0.6 is 11.6 Å². The Labute approximate surface area is 139 Å². The highest BCUT2D eigenvalue weighted by molar-refractivity contribution is 6.30. The Balaban J connectivity index is 1.78. The van der Waals surface area contributed by atoms with Crippen LogP contribution in [0.5, 0.6) is 0 Å². The number of hydrogen-bond donors (Lipinski definition) is 1. The van der Waals surface area contributed by atoms with E-state index in [1.807, 2.05) is 18.2 Å². The Bertz CT molecular complexity index is 659. The molecule has 0 unspecified atom stereocenters. The van der Waals surface area contributed by atoms with Crippen molar-refractivity contribution in [1.29, 1.82) is 0 Å². The van der Waals surface area contributed by atoms with Gasteiger partial charge in [-0.05, 0) is 29.7 Å². The maximum atomic E-state index is 11.8. The molecule has 0 aliphatic carbocycles. The zero-order valence-electron chi connectivity index (χ0n) is 12.3. The van der Waals surface area contributed by atoms with Gasteiger partial charge in [0.1, 0.15) is 6.61 Å². The number of carbonyl (C=O) groups excluding carboxylic acids is 2. The smallest absolute Gasteiger partial charge is 0.437 e. The average molecular weight is 332 g/mol. The molecule has 1 atom stereocenters. The minimum Gasteiger partial charge on any atom is -0.443 e. The highest BCUT2D eigenvalue weighted by Gasteiger charge is 2.19. The Morgan fingerprint density at radius 1 is 1.04 bits per heavy atom. The summed E-state index contributed by atoms with van der Waals surface area (Å²) in [6, 6.07) is 15.2. The Morgan fingerprint density at radius 3 is 2.35 bits per heavy atom. The van der Waals surface area contributed by atoms with Gasteiger partial charge in [0.2, 0.25) is 0 Å². The number of nitrogens with zero attached hydrogens (tertiary/aromatic N) is 1. The van der Waals surface area contributed by atoms with E-state index < -0.39 is 18.0 Å². The molecule has 0 aliphatic rings. The van der Waals surface area contributed by atoms with Crippen LogP contribution < -0.4 is 11.1 Å². The van der Waals surface area contributed by atoms with Crippen molar-refractivity contribution in [2.24, 2.45) is 5.73 Å². The normalized spacial score (nSPS) is 11.6. The van der Waals surface area contributed by atoms with Crippen molar-refractivity contribution in [3.05, 3.63) is 70.7 Å². The van der Waals surface area contributed by atoms with Crippen molar-refractivity contribution in [2.75, 3.05) is 0 Å². The number of ether oxygens (including phenoxy) is 1. The second-order valence-corrected chi connectivity index (χ2v) is 5.36. The monoisotopic (exact) mass is 331 g/mol. The van der Waals surface area contributed by atoms with E-state index in [1.165, 1.54) is 0 Å². The number of hydrogen-bond acceptors (Lipinski definition) is 4. The van der Waals surface area contributed by atoms with Crippen LogP contribution in [-0.2, 0) is 22.6 Å². The molecule has 0 heterocycles. The minimum atomic E-state index is -0.939. The lowest BCUT2D eigenvalue weighted by Crippen LogP contribution is -2.40. The Kier molecular flexibility index (Phi) is 6.14. The van der Waals surface area contributed by atoms with Crippen molar-refractivity contribution in [1.82, 2.24) is 5.32 Å². The van der Waals surface area contributed by atoms with Crippen LogP contribution in [0.15, 0.2) is 54.6 Å². The van der Waals surface area contributed by atoms with Gasteiger partial charge in [-0.1, -0.05) is 54.1 Å². The molecule has 2 N–H and O–H groups in total. The van der Waals surface area contributed by atoms with Crippen LogP contribution in [0.1, 0.15) is 11.1 Å². The summed E-state index contributed by atoms with van der Waals surface area (Å²) < 4.78 is 4.92. The number of halogens is 1. The molecule has 0 spiro atoms. The first-order valence-corrected chi connectivity index (χ1v) is 7.38. The first-order chi connectivity index (χ1) is 11.0.